The maximum atomic E-state index is 13.1. The molecular weight excluding hydrogens is 440 g/mol. The van der Waals surface area contributed by atoms with E-state index in [1.807, 2.05) is 12.1 Å². The van der Waals surface area contributed by atoms with Crippen molar-refractivity contribution in [3.8, 4) is 34.5 Å². The monoisotopic (exact) mass is 458 g/mol. The number of carbonyl (C=O) groups is 2. The van der Waals surface area contributed by atoms with Gasteiger partial charge in [0.15, 0.2) is 28.8 Å². The summed E-state index contributed by atoms with van der Waals surface area (Å²) in [7, 11) is 1.46. The number of aromatic hydroxyl groups is 1. The molecule has 0 aromatic heterocycles. The summed E-state index contributed by atoms with van der Waals surface area (Å²) in [5.41, 5.74) is 2.41. The average Bonchev–Trinajstić information content (AvgIpc) is 3.42. The molecule has 0 saturated heterocycles. The average molecular weight is 458 g/mol. The van der Waals surface area contributed by atoms with E-state index in [4.69, 9.17) is 23.7 Å². The van der Waals surface area contributed by atoms with Crippen LogP contribution in [-0.2, 0) is 4.79 Å². The van der Waals surface area contributed by atoms with Crippen LogP contribution < -0.4 is 23.7 Å². The van der Waals surface area contributed by atoms with E-state index in [1.165, 1.54) is 13.2 Å². The number of allylic oxidation sites excluding steroid dienone is 1. The SMILES string of the molecule is COc1ccc(/C=C2\Oc3c(ccc4c3[C@H](c3ccc5c(c3)OCO5)CC(=O)O4)C2=O)cc1O. The van der Waals surface area contributed by atoms with Crippen molar-refractivity contribution in [2.75, 3.05) is 13.9 Å². The summed E-state index contributed by atoms with van der Waals surface area (Å²) in [6.45, 7) is 0.143. The predicted octanol–water partition coefficient (Wildman–Crippen LogP) is 4.19. The smallest absolute Gasteiger partial charge is 0.312 e. The summed E-state index contributed by atoms with van der Waals surface area (Å²) >= 11 is 0. The number of carbonyl (C=O) groups excluding carboxylic acids is 2. The van der Waals surface area contributed by atoms with E-state index in [9.17, 15) is 14.7 Å². The van der Waals surface area contributed by atoms with Crippen molar-refractivity contribution in [1.82, 2.24) is 0 Å². The maximum Gasteiger partial charge on any atom is 0.312 e. The molecule has 0 fully saturated rings. The first kappa shape index (κ1) is 20.2. The number of rotatable bonds is 3. The fourth-order valence-corrected chi connectivity index (χ4v) is 4.47. The molecule has 8 nitrogen and oxygen atoms in total. The van der Waals surface area contributed by atoms with Gasteiger partial charge < -0.3 is 28.8 Å². The van der Waals surface area contributed by atoms with Crippen LogP contribution in [0.2, 0.25) is 0 Å². The maximum absolute atomic E-state index is 13.1. The molecule has 3 aromatic carbocycles. The summed E-state index contributed by atoms with van der Waals surface area (Å²) in [6, 6.07) is 13.5. The van der Waals surface area contributed by atoms with Crippen molar-refractivity contribution >= 4 is 17.8 Å². The Hall–Kier alpha value is -4.46. The molecule has 0 unspecified atom stereocenters. The van der Waals surface area contributed by atoms with Crippen molar-refractivity contribution in [2.45, 2.75) is 12.3 Å². The number of benzene rings is 3. The molecule has 0 radical (unpaired) electrons. The molecule has 1 N–H and O–H groups in total. The van der Waals surface area contributed by atoms with Crippen LogP contribution in [0.25, 0.3) is 6.08 Å². The Kier molecular flexibility index (Phi) is 4.48. The van der Waals surface area contributed by atoms with Crippen LogP contribution in [0.5, 0.6) is 34.5 Å². The molecule has 34 heavy (non-hydrogen) atoms. The fourth-order valence-electron chi connectivity index (χ4n) is 4.47. The Morgan fingerprint density at radius 2 is 1.79 bits per heavy atom. The number of phenolic OH excluding ortho intramolecular Hbond substituents is 1. The Morgan fingerprint density at radius 3 is 2.62 bits per heavy atom. The lowest BCUT2D eigenvalue weighted by atomic mass is 9.84. The van der Waals surface area contributed by atoms with Crippen LogP contribution in [0, 0.1) is 0 Å². The summed E-state index contributed by atoms with van der Waals surface area (Å²) in [5, 5.41) is 10.1. The van der Waals surface area contributed by atoms with E-state index >= 15 is 0 Å². The van der Waals surface area contributed by atoms with Crippen LogP contribution >= 0.6 is 0 Å². The molecule has 0 amide bonds. The Morgan fingerprint density at radius 1 is 0.971 bits per heavy atom. The minimum atomic E-state index is -0.391. The summed E-state index contributed by atoms with van der Waals surface area (Å²) in [5.74, 6) is 1.28. The number of hydrogen-bond acceptors (Lipinski definition) is 8. The summed E-state index contributed by atoms with van der Waals surface area (Å²) in [4.78, 5) is 25.5. The van der Waals surface area contributed by atoms with Crippen LogP contribution in [0.15, 0.2) is 54.3 Å². The second kappa shape index (κ2) is 7.55. The third-order valence-corrected chi connectivity index (χ3v) is 6.08. The molecule has 3 aliphatic rings. The summed E-state index contributed by atoms with van der Waals surface area (Å²) in [6.07, 6.45) is 1.64. The van der Waals surface area contributed by atoms with E-state index in [1.54, 1.807) is 36.4 Å². The van der Waals surface area contributed by atoms with Crippen molar-refractivity contribution in [3.05, 3.63) is 76.5 Å². The van der Waals surface area contributed by atoms with Crippen molar-refractivity contribution < 1.29 is 38.4 Å². The lowest BCUT2D eigenvalue weighted by Crippen LogP contribution is -2.21. The molecule has 0 saturated carbocycles. The zero-order valence-electron chi connectivity index (χ0n) is 18.0. The predicted molar refractivity (Wildman–Crippen MR) is 119 cm³/mol. The number of ether oxygens (including phenoxy) is 5. The topological polar surface area (TPSA) is 101 Å². The summed E-state index contributed by atoms with van der Waals surface area (Å²) < 4.78 is 27.5. The van der Waals surface area contributed by atoms with Gasteiger partial charge in [0.25, 0.3) is 0 Å². The first-order valence-electron chi connectivity index (χ1n) is 10.6. The fraction of sp³-hybridized carbons (Fsp3) is 0.154. The Balaban J connectivity index is 1.42. The van der Waals surface area contributed by atoms with E-state index in [0.29, 0.717) is 45.4 Å². The van der Waals surface area contributed by atoms with Gasteiger partial charge in [0, 0.05) is 11.5 Å². The van der Waals surface area contributed by atoms with Gasteiger partial charge in [-0.3, -0.25) is 9.59 Å². The largest absolute Gasteiger partial charge is 0.504 e. The lowest BCUT2D eigenvalue weighted by Gasteiger charge is -2.26. The number of ketones is 1. The standard InChI is InChI=1S/C26H18O8/c1-30-18-5-2-13(8-17(18)27)9-22-25(29)15-4-7-20-24(26(15)34-22)16(11-23(28)33-20)14-3-6-19-21(10-14)32-12-31-19/h2-10,16,27H,11-12H2,1H3/b22-9-/t16-/m0/s1. The second-order valence-corrected chi connectivity index (χ2v) is 8.07. The number of esters is 1. The molecule has 3 aromatic rings. The van der Waals surface area contributed by atoms with Gasteiger partial charge in [-0.1, -0.05) is 12.1 Å². The van der Waals surface area contributed by atoms with E-state index in [0.717, 1.165) is 5.56 Å². The van der Waals surface area contributed by atoms with Crippen LogP contribution in [-0.4, -0.2) is 30.8 Å². The molecule has 0 aliphatic carbocycles. The van der Waals surface area contributed by atoms with E-state index in [-0.39, 0.29) is 36.5 Å². The zero-order chi connectivity index (χ0) is 23.4. The minimum Gasteiger partial charge on any atom is -0.504 e. The third kappa shape index (κ3) is 3.14. The van der Waals surface area contributed by atoms with E-state index < -0.39 is 5.92 Å². The van der Waals surface area contributed by atoms with Crippen molar-refractivity contribution in [1.29, 1.82) is 0 Å². The van der Waals surface area contributed by atoms with Gasteiger partial charge in [0.1, 0.15) is 11.5 Å². The van der Waals surface area contributed by atoms with Gasteiger partial charge in [-0.05, 0) is 53.6 Å². The molecule has 3 aliphatic heterocycles. The Bertz CT molecular complexity index is 1400. The molecule has 6 rings (SSSR count). The first-order valence-corrected chi connectivity index (χ1v) is 10.6. The molecule has 3 heterocycles. The van der Waals surface area contributed by atoms with Crippen LogP contribution in [0.3, 0.4) is 0 Å². The molecule has 1 atom stereocenters. The second-order valence-electron chi connectivity index (χ2n) is 8.07. The van der Waals surface area contributed by atoms with Gasteiger partial charge in [0.2, 0.25) is 12.6 Å². The van der Waals surface area contributed by atoms with Gasteiger partial charge in [0.05, 0.1) is 19.1 Å². The normalized spacial score (nSPS) is 18.9. The van der Waals surface area contributed by atoms with Crippen molar-refractivity contribution in [2.24, 2.45) is 0 Å². The number of Topliss-reactive ketones (excluding diaryl/α,β-unsaturated/α-hetero) is 1. The Labute approximate surface area is 193 Å². The first-order chi connectivity index (χ1) is 16.5. The highest BCUT2D eigenvalue weighted by molar-refractivity contribution is 6.15. The van der Waals surface area contributed by atoms with Crippen molar-refractivity contribution in [3.63, 3.8) is 0 Å². The highest BCUT2D eigenvalue weighted by Crippen LogP contribution is 2.50. The van der Waals surface area contributed by atoms with E-state index in [2.05, 4.69) is 0 Å². The molecule has 8 heteroatoms. The van der Waals surface area contributed by atoms with Gasteiger partial charge in [-0.2, -0.15) is 0 Å². The lowest BCUT2D eigenvalue weighted by molar-refractivity contribution is -0.135. The highest BCUT2D eigenvalue weighted by Gasteiger charge is 2.39. The number of methoxy groups -OCH3 is 1. The van der Waals surface area contributed by atoms with Gasteiger partial charge in [-0.25, -0.2) is 0 Å². The zero-order valence-corrected chi connectivity index (χ0v) is 18.0. The highest BCUT2D eigenvalue weighted by atomic mass is 16.7. The quantitative estimate of drug-likeness (QED) is 0.354. The third-order valence-electron chi connectivity index (χ3n) is 6.08. The van der Waals surface area contributed by atoms with Gasteiger partial charge >= 0.3 is 5.97 Å². The number of fused-ring (bicyclic) bond motifs is 4. The molecule has 0 spiro atoms. The number of hydrogen-bond donors (Lipinski definition) is 1. The van der Waals surface area contributed by atoms with Crippen LogP contribution in [0.4, 0.5) is 0 Å². The van der Waals surface area contributed by atoms with Gasteiger partial charge in [-0.15, -0.1) is 0 Å². The molecular formula is C26H18O8. The minimum absolute atomic E-state index is 0.0491. The molecule has 170 valence electrons. The number of phenols is 1. The van der Waals surface area contributed by atoms with Crippen LogP contribution in [0.1, 0.15) is 39.4 Å². The molecule has 0 bridgehead atoms.